The maximum atomic E-state index is 10.3. The van der Waals surface area contributed by atoms with E-state index in [-0.39, 0.29) is 26.2 Å². The molecule has 0 spiro atoms. The van der Waals surface area contributed by atoms with Crippen molar-refractivity contribution < 1.29 is 65.8 Å². The second-order valence-electron chi connectivity index (χ2n) is 10.2. The van der Waals surface area contributed by atoms with E-state index in [4.69, 9.17) is 20.4 Å². The van der Waals surface area contributed by atoms with Crippen molar-refractivity contribution in [2.24, 2.45) is 21.7 Å². The Hall–Kier alpha value is -1.24. The topological polar surface area (TPSA) is 149 Å². The van der Waals surface area contributed by atoms with Gasteiger partial charge >= 0.3 is 23.9 Å². The van der Waals surface area contributed by atoms with E-state index >= 15 is 0 Å². The van der Waals surface area contributed by atoms with Gasteiger partial charge in [0, 0.05) is 26.2 Å². The monoisotopic (exact) mass is 554 g/mol. The van der Waals surface area contributed by atoms with Crippen molar-refractivity contribution >= 4 is 23.9 Å². The van der Waals surface area contributed by atoms with Crippen LogP contribution in [0.25, 0.3) is 0 Å². The first-order valence-corrected chi connectivity index (χ1v) is 11.0. The molecular formula is C24H48O8Zr. The molecule has 8 nitrogen and oxygen atoms in total. The minimum Gasteiger partial charge on any atom is -0.481 e. The van der Waals surface area contributed by atoms with Crippen LogP contribution in [-0.2, 0) is 45.4 Å². The molecule has 0 saturated carbocycles. The van der Waals surface area contributed by atoms with E-state index in [0.717, 1.165) is 0 Å². The van der Waals surface area contributed by atoms with E-state index in [9.17, 15) is 19.2 Å². The predicted molar refractivity (Wildman–Crippen MR) is 127 cm³/mol. The summed E-state index contributed by atoms with van der Waals surface area (Å²) < 4.78 is 0. The van der Waals surface area contributed by atoms with Crippen LogP contribution in [0.3, 0.4) is 0 Å². The summed E-state index contributed by atoms with van der Waals surface area (Å²) in [4.78, 5) is 41.0. The summed E-state index contributed by atoms with van der Waals surface area (Å²) in [6.45, 7) is 21.2. The number of hydrogen-bond acceptors (Lipinski definition) is 4. The van der Waals surface area contributed by atoms with Gasteiger partial charge in [0.1, 0.15) is 0 Å². The Labute approximate surface area is 219 Å². The summed E-state index contributed by atoms with van der Waals surface area (Å²) in [6, 6.07) is 0. The van der Waals surface area contributed by atoms with Crippen LogP contribution in [-0.4, -0.2) is 44.3 Å². The largest absolute Gasteiger partial charge is 0.481 e. The molecule has 0 aliphatic carbocycles. The van der Waals surface area contributed by atoms with Crippen LogP contribution < -0.4 is 0 Å². The standard InChI is InChI=1S/4C6H12O2.Zr/c4*1-4-6(2,3)5(7)8;/h4*4H2,1-3H3,(H,7,8);. The Morgan fingerprint density at radius 2 is 0.515 bits per heavy atom. The molecule has 4 N–H and O–H groups in total. The first kappa shape index (κ1) is 42.0. The van der Waals surface area contributed by atoms with Crippen LogP contribution in [0.5, 0.6) is 0 Å². The normalized spacial score (nSPS) is 11.0. The third-order valence-corrected chi connectivity index (χ3v) is 5.85. The zero-order chi connectivity index (χ0) is 27.1. The molecule has 0 aliphatic heterocycles. The van der Waals surface area contributed by atoms with Crippen molar-refractivity contribution in [1.82, 2.24) is 0 Å². The average molecular weight is 556 g/mol. The van der Waals surface area contributed by atoms with Crippen molar-refractivity contribution in [2.75, 3.05) is 0 Å². The Morgan fingerprint density at radius 3 is 0.515 bits per heavy atom. The fourth-order valence-electron chi connectivity index (χ4n) is 0.605. The van der Waals surface area contributed by atoms with Gasteiger partial charge in [-0.2, -0.15) is 0 Å². The Balaban J connectivity index is -0.000000105. The zero-order valence-corrected chi connectivity index (χ0v) is 25.2. The summed E-state index contributed by atoms with van der Waals surface area (Å²) in [5.74, 6) is -2.89. The second kappa shape index (κ2) is 18.1. The first-order valence-electron chi connectivity index (χ1n) is 11.0. The van der Waals surface area contributed by atoms with E-state index < -0.39 is 45.5 Å². The molecule has 0 heterocycles. The summed E-state index contributed by atoms with van der Waals surface area (Å²) in [5.41, 5.74) is -2.17. The zero-order valence-electron chi connectivity index (χ0n) is 22.8. The smallest absolute Gasteiger partial charge is 0.309 e. The van der Waals surface area contributed by atoms with Gasteiger partial charge in [-0.1, -0.05) is 27.7 Å². The molecule has 0 rings (SSSR count). The van der Waals surface area contributed by atoms with E-state index in [2.05, 4.69) is 0 Å². The van der Waals surface area contributed by atoms with Gasteiger partial charge in [0.25, 0.3) is 0 Å². The number of carboxylic acid groups (broad SMARTS) is 4. The van der Waals surface area contributed by atoms with Crippen LogP contribution in [0.4, 0.5) is 0 Å². The van der Waals surface area contributed by atoms with Crippen molar-refractivity contribution in [3.8, 4) is 0 Å². The molecule has 0 amide bonds. The van der Waals surface area contributed by atoms with E-state index in [1.54, 1.807) is 55.4 Å². The van der Waals surface area contributed by atoms with Crippen LogP contribution >= 0.6 is 0 Å². The number of rotatable bonds is 8. The van der Waals surface area contributed by atoms with Crippen LogP contribution in [0.1, 0.15) is 109 Å². The number of carbonyl (C=O) groups is 4. The molecule has 9 heteroatoms. The molecule has 0 aromatic rings. The molecule has 196 valence electrons. The van der Waals surface area contributed by atoms with Gasteiger partial charge in [-0.25, -0.2) is 0 Å². The number of aliphatic carboxylic acids is 4. The SMILES string of the molecule is CCC(C)(C)C(=O)O.CCC(C)(C)C(=O)O.CCC(C)(C)C(=O)O.CCC(C)(C)C(=O)O.[Zr]. The molecule has 0 atom stereocenters. The minimum absolute atomic E-state index is 0. The van der Waals surface area contributed by atoms with Gasteiger partial charge in [0.2, 0.25) is 0 Å². The Bertz CT molecular complexity index is 489. The second-order valence-corrected chi connectivity index (χ2v) is 10.2. The van der Waals surface area contributed by atoms with Gasteiger partial charge in [-0.15, -0.1) is 0 Å². The number of carboxylic acids is 4. The fourth-order valence-corrected chi connectivity index (χ4v) is 0.605. The molecule has 33 heavy (non-hydrogen) atoms. The molecule has 0 aromatic carbocycles. The van der Waals surface area contributed by atoms with Crippen LogP contribution in [0, 0.1) is 21.7 Å². The van der Waals surface area contributed by atoms with Gasteiger partial charge in [0.15, 0.2) is 0 Å². The third-order valence-electron chi connectivity index (χ3n) is 5.85. The maximum Gasteiger partial charge on any atom is 0.309 e. The number of hydrogen-bond donors (Lipinski definition) is 4. The molecular weight excluding hydrogens is 507 g/mol. The van der Waals surface area contributed by atoms with Gasteiger partial charge < -0.3 is 20.4 Å². The van der Waals surface area contributed by atoms with E-state index in [1.807, 2.05) is 27.7 Å². The van der Waals surface area contributed by atoms with Crippen molar-refractivity contribution in [3.63, 3.8) is 0 Å². The van der Waals surface area contributed by atoms with Gasteiger partial charge in [0.05, 0.1) is 21.7 Å². The van der Waals surface area contributed by atoms with E-state index in [0.29, 0.717) is 25.7 Å². The van der Waals surface area contributed by atoms with Gasteiger partial charge in [-0.05, 0) is 81.1 Å². The summed E-state index contributed by atoms with van der Waals surface area (Å²) in [5, 5.41) is 33.8. The molecule has 0 bridgehead atoms. The summed E-state index contributed by atoms with van der Waals surface area (Å²) in [6.07, 6.45) is 2.73. The molecule has 0 aromatic heterocycles. The molecule has 0 unspecified atom stereocenters. The van der Waals surface area contributed by atoms with Crippen LogP contribution in [0.2, 0.25) is 0 Å². The quantitative estimate of drug-likeness (QED) is 0.284. The fraction of sp³-hybridized carbons (Fsp3) is 0.833. The maximum absolute atomic E-state index is 10.3. The first-order chi connectivity index (χ1) is 14.0. The Morgan fingerprint density at radius 1 is 0.424 bits per heavy atom. The summed E-state index contributed by atoms with van der Waals surface area (Å²) >= 11 is 0. The molecule has 0 radical (unpaired) electrons. The van der Waals surface area contributed by atoms with Crippen molar-refractivity contribution in [3.05, 3.63) is 0 Å². The third kappa shape index (κ3) is 21.1. The van der Waals surface area contributed by atoms with Crippen molar-refractivity contribution in [2.45, 2.75) is 109 Å². The minimum atomic E-state index is -0.722. The predicted octanol–water partition coefficient (Wildman–Crippen LogP) is 6.03. The molecule has 0 fully saturated rings. The molecule has 0 aliphatic rings. The molecule has 0 saturated heterocycles. The van der Waals surface area contributed by atoms with E-state index in [1.165, 1.54) is 0 Å². The van der Waals surface area contributed by atoms with Crippen LogP contribution in [0.15, 0.2) is 0 Å². The summed E-state index contributed by atoms with van der Waals surface area (Å²) in [7, 11) is 0. The Kier molecular flexibility index (Phi) is 23.1. The van der Waals surface area contributed by atoms with Gasteiger partial charge in [-0.3, -0.25) is 19.2 Å². The van der Waals surface area contributed by atoms with Crippen molar-refractivity contribution in [1.29, 1.82) is 0 Å². The average Bonchev–Trinajstić information content (AvgIpc) is 2.68.